The molecule has 1 aliphatic heterocycles. The maximum Gasteiger partial charge on any atom is 0.169 e. The molecule has 1 unspecified atom stereocenters. The van der Waals surface area contributed by atoms with Gasteiger partial charge in [0.05, 0.1) is 6.20 Å². The number of nitrogens with one attached hydrogen (secondary N) is 1. The number of fused-ring (bicyclic) bond motifs is 8. The van der Waals surface area contributed by atoms with E-state index in [-0.39, 0.29) is 0 Å². The van der Waals surface area contributed by atoms with E-state index in [1.807, 2.05) is 42.6 Å². The van der Waals surface area contributed by atoms with Gasteiger partial charge in [0.1, 0.15) is 17.3 Å². The maximum atomic E-state index is 6.15. The number of aliphatic imine (C=N–C) groups is 2. The Morgan fingerprint density at radius 3 is 2.16 bits per heavy atom. The zero-order valence-corrected chi connectivity index (χ0v) is 23.0. The molecule has 1 N–H and O–H groups in total. The fourth-order valence-corrected chi connectivity index (χ4v) is 6.35. The second kappa shape index (κ2) is 9.36. The summed E-state index contributed by atoms with van der Waals surface area (Å²) in [6.45, 7) is 0. The first-order valence-corrected chi connectivity index (χ1v) is 14.4. The van der Waals surface area contributed by atoms with Crippen LogP contribution in [-0.4, -0.2) is 16.7 Å². The smallest absolute Gasteiger partial charge is 0.169 e. The molecule has 0 bridgehead atoms. The van der Waals surface area contributed by atoms with E-state index in [1.54, 1.807) is 6.20 Å². The molecule has 0 spiro atoms. The Morgan fingerprint density at radius 1 is 0.535 bits per heavy atom. The molecule has 0 radical (unpaired) electrons. The lowest BCUT2D eigenvalue weighted by Crippen LogP contribution is -2.36. The van der Waals surface area contributed by atoms with Crippen LogP contribution in [0.15, 0.2) is 148 Å². The third kappa shape index (κ3) is 3.82. The van der Waals surface area contributed by atoms with Gasteiger partial charge >= 0.3 is 0 Å². The maximum absolute atomic E-state index is 6.15. The molecule has 0 fully saturated rings. The molecule has 43 heavy (non-hydrogen) atoms. The summed E-state index contributed by atoms with van der Waals surface area (Å²) in [5.41, 5.74) is 4.46. The number of nitrogens with zero attached hydrogens (tertiary/aromatic N) is 3. The molecular formula is C38H24N4O. The first-order valence-electron chi connectivity index (χ1n) is 14.4. The van der Waals surface area contributed by atoms with Gasteiger partial charge in [-0.25, -0.2) is 9.98 Å². The number of benzene rings is 6. The Kier molecular flexibility index (Phi) is 5.19. The van der Waals surface area contributed by atoms with Crippen LogP contribution < -0.4 is 5.32 Å². The topological polar surface area (TPSA) is 62.8 Å². The molecule has 6 aromatic carbocycles. The van der Waals surface area contributed by atoms with E-state index in [9.17, 15) is 0 Å². The number of furan rings is 1. The van der Waals surface area contributed by atoms with Gasteiger partial charge in [0.2, 0.25) is 0 Å². The molecule has 8 aromatic rings. The van der Waals surface area contributed by atoms with Crippen molar-refractivity contribution in [1.82, 2.24) is 10.3 Å². The number of hydrogen-bond acceptors (Lipinski definition) is 5. The average molecular weight is 553 g/mol. The molecule has 1 aliphatic rings. The molecule has 5 heteroatoms. The normalized spacial score (nSPS) is 15.2. The highest BCUT2D eigenvalue weighted by Crippen LogP contribution is 2.35. The van der Waals surface area contributed by atoms with Crippen molar-refractivity contribution in [2.24, 2.45) is 9.98 Å². The Bertz CT molecular complexity index is 2440. The van der Waals surface area contributed by atoms with E-state index in [0.717, 1.165) is 49.9 Å². The van der Waals surface area contributed by atoms with Gasteiger partial charge in [-0.3, -0.25) is 4.98 Å². The average Bonchev–Trinajstić information content (AvgIpc) is 3.47. The van der Waals surface area contributed by atoms with Gasteiger partial charge in [-0.1, -0.05) is 109 Å². The van der Waals surface area contributed by atoms with Crippen LogP contribution in [0.1, 0.15) is 22.9 Å². The van der Waals surface area contributed by atoms with Gasteiger partial charge in [-0.05, 0) is 50.0 Å². The van der Waals surface area contributed by atoms with Gasteiger partial charge in [0.15, 0.2) is 11.7 Å². The quantitative estimate of drug-likeness (QED) is 0.223. The summed E-state index contributed by atoms with van der Waals surface area (Å²) in [5.74, 6) is 1.48. The lowest BCUT2D eigenvalue weighted by molar-refractivity contribution is 0.667. The third-order valence-electron chi connectivity index (χ3n) is 8.38. The summed E-state index contributed by atoms with van der Waals surface area (Å²) < 4.78 is 6.15. The van der Waals surface area contributed by atoms with Crippen molar-refractivity contribution < 1.29 is 4.42 Å². The predicted octanol–water partition coefficient (Wildman–Crippen LogP) is 8.94. The summed E-state index contributed by atoms with van der Waals surface area (Å²) in [5, 5.41) is 13.0. The standard InChI is InChI=1S/C38H24N4O/c1-2-9-25(10-3-1)36-40-37(42-38(41-36)31-21-39-22-33-35(31)30-12-6-7-13-32(30)43-33)27-18-19-29-26(20-27)17-16-24-15-14-23-8-4-5-11-28(23)34(24)29/h1-22,36H,(H,40,41,42). The van der Waals surface area contributed by atoms with E-state index in [2.05, 4.69) is 95.2 Å². The number of aromatic nitrogens is 1. The Labute approximate surface area is 246 Å². The fraction of sp³-hybridized carbons (Fsp3) is 0.0263. The molecule has 0 saturated heterocycles. The summed E-state index contributed by atoms with van der Waals surface area (Å²) in [6.07, 6.45) is 3.22. The Hall–Kier alpha value is -5.81. The van der Waals surface area contributed by atoms with Gasteiger partial charge in [0, 0.05) is 28.1 Å². The minimum atomic E-state index is -0.405. The lowest BCUT2D eigenvalue weighted by atomic mass is 9.95. The molecular weight excluding hydrogens is 528 g/mol. The summed E-state index contributed by atoms with van der Waals surface area (Å²) >= 11 is 0. The van der Waals surface area contributed by atoms with Gasteiger partial charge in [-0.15, -0.1) is 0 Å². The van der Waals surface area contributed by atoms with Crippen LogP contribution in [0, 0.1) is 0 Å². The molecule has 3 heterocycles. The van der Waals surface area contributed by atoms with E-state index in [4.69, 9.17) is 14.4 Å². The summed E-state index contributed by atoms with van der Waals surface area (Å²) in [4.78, 5) is 14.7. The van der Waals surface area contributed by atoms with Crippen molar-refractivity contribution in [3.05, 3.63) is 150 Å². The first kappa shape index (κ1) is 23.9. The highest BCUT2D eigenvalue weighted by Gasteiger charge is 2.24. The fourth-order valence-electron chi connectivity index (χ4n) is 6.35. The van der Waals surface area contributed by atoms with Crippen molar-refractivity contribution in [3.8, 4) is 0 Å². The van der Waals surface area contributed by atoms with E-state index >= 15 is 0 Å². The molecule has 202 valence electrons. The summed E-state index contributed by atoms with van der Waals surface area (Å²) in [7, 11) is 0. The van der Waals surface area contributed by atoms with Crippen LogP contribution >= 0.6 is 0 Å². The van der Waals surface area contributed by atoms with E-state index < -0.39 is 6.17 Å². The van der Waals surface area contributed by atoms with Crippen LogP contribution in [-0.2, 0) is 0 Å². The molecule has 0 aliphatic carbocycles. The summed E-state index contributed by atoms with van der Waals surface area (Å²) in [6, 6.07) is 42.3. The Balaban J connectivity index is 1.22. The van der Waals surface area contributed by atoms with Crippen molar-refractivity contribution in [2.45, 2.75) is 6.17 Å². The van der Waals surface area contributed by atoms with Crippen LogP contribution in [0.5, 0.6) is 0 Å². The predicted molar refractivity (Wildman–Crippen MR) is 176 cm³/mol. The van der Waals surface area contributed by atoms with Crippen molar-refractivity contribution in [2.75, 3.05) is 0 Å². The SMILES string of the molecule is c1ccc(C2N=C(c3ccc4c(ccc5ccc6ccccc6c54)c3)NC(c3cncc4oc5ccccc5c34)=N2)cc1. The van der Waals surface area contributed by atoms with Crippen molar-refractivity contribution in [1.29, 1.82) is 0 Å². The molecule has 2 aromatic heterocycles. The Morgan fingerprint density at radius 2 is 1.26 bits per heavy atom. The zero-order valence-electron chi connectivity index (χ0n) is 23.0. The number of hydrogen-bond donors (Lipinski definition) is 1. The van der Waals surface area contributed by atoms with Crippen molar-refractivity contribution in [3.63, 3.8) is 0 Å². The van der Waals surface area contributed by atoms with Crippen LogP contribution in [0.3, 0.4) is 0 Å². The zero-order chi connectivity index (χ0) is 28.3. The van der Waals surface area contributed by atoms with Crippen LogP contribution in [0.2, 0.25) is 0 Å². The lowest BCUT2D eigenvalue weighted by Gasteiger charge is -2.23. The number of amidine groups is 2. The van der Waals surface area contributed by atoms with Crippen molar-refractivity contribution >= 4 is 65.9 Å². The van der Waals surface area contributed by atoms with E-state index in [1.165, 1.54) is 26.9 Å². The molecule has 9 rings (SSSR count). The third-order valence-corrected chi connectivity index (χ3v) is 8.38. The molecule has 5 nitrogen and oxygen atoms in total. The number of pyridine rings is 1. The first-order chi connectivity index (χ1) is 21.3. The number of para-hydroxylation sites is 1. The van der Waals surface area contributed by atoms with Gasteiger partial charge in [0.25, 0.3) is 0 Å². The monoisotopic (exact) mass is 552 g/mol. The van der Waals surface area contributed by atoms with Crippen LogP contribution in [0.4, 0.5) is 0 Å². The van der Waals surface area contributed by atoms with Gasteiger partial charge in [-0.2, -0.15) is 0 Å². The number of rotatable bonds is 3. The van der Waals surface area contributed by atoms with E-state index in [0.29, 0.717) is 5.84 Å². The minimum Gasteiger partial charge on any atom is -0.454 e. The minimum absolute atomic E-state index is 0.405. The molecule has 0 saturated carbocycles. The molecule has 1 atom stereocenters. The van der Waals surface area contributed by atoms with Gasteiger partial charge < -0.3 is 9.73 Å². The largest absolute Gasteiger partial charge is 0.454 e. The highest BCUT2D eigenvalue weighted by molar-refractivity contribution is 6.24. The second-order valence-corrected chi connectivity index (χ2v) is 10.9. The highest BCUT2D eigenvalue weighted by atomic mass is 16.3. The molecule has 0 amide bonds. The second-order valence-electron chi connectivity index (χ2n) is 10.9. The van der Waals surface area contributed by atoms with Crippen LogP contribution in [0.25, 0.3) is 54.3 Å².